The first-order chi connectivity index (χ1) is 9.91. The zero-order valence-corrected chi connectivity index (χ0v) is 14.9. The van der Waals surface area contributed by atoms with E-state index in [-0.39, 0.29) is 6.04 Å². The molecule has 2 heterocycles. The lowest BCUT2D eigenvalue weighted by atomic mass is 9.92. The second-order valence-corrected chi connectivity index (χ2v) is 8.95. The van der Waals surface area contributed by atoms with E-state index in [1.54, 1.807) is 15.6 Å². The maximum Gasteiger partial charge on any atom is 0.211 e. The van der Waals surface area contributed by atoms with Gasteiger partial charge in [-0.2, -0.15) is 0 Å². The standard InChI is InChI=1S/C14H23ClN2O2S2/c1-3-16-13(14-12(15)6-8-20-14)9-11-5-4-7-17(10-11)21(2,18)19/h6,8,11,13,16H,3-5,7,9-10H2,1-2H3. The van der Waals surface area contributed by atoms with Crippen LogP contribution in [0.3, 0.4) is 0 Å². The van der Waals surface area contributed by atoms with Gasteiger partial charge in [-0.25, -0.2) is 12.7 Å². The van der Waals surface area contributed by atoms with E-state index < -0.39 is 10.0 Å². The van der Waals surface area contributed by atoms with Crippen molar-refractivity contribution in [1.82, 2.24) is 9.62 Å². The molecule has 120 valence electrons. The third-order valence-electron chi connectivity index (χ3n) is 3.93. The number of hydrogen-bond donors (Lipinski definition) is 1. The second kappa shape index (κ2) is 7.42. The molecule has 0 aromatic carbocycles. The summed E-state index contributed by atoms with van der Waals surface area (Å²) in [5.41, 5.74) is 0. The Balaban J connectivity index is 2.05. The van der Waals surface area contributed by atoms with Gasteiger partial charge in [0.2, 0.25) is 10.0 Å². The summed E-state index contributed by atoms with van der Waals surface area (Å²) in [6.45, 7) is 4.24. The Morgan fingerprint density at radius 2 is 2.33 bits per heavy atom. The average molecular weight is 351 g/mol. The Morgan fingerprint density at radius 1 is 1.57 bits per heavy atom. The summed E-state index contributed by atoms with van der Waals surface area (Å²) in [5.74, 6) is 0.385. The van der Waals surface area contributed by atoms with Gasteiger partial charge < -0.3 is 5.32 Å². The minimum absolute atomic E-state index is 0.215. The zero-order valence-electron chi connectivity index (χ0n) is 12.5. The molecule has 1 saturated heterocycles. The highest BCUT2D eigenvalue weighted by molar-refractivity contribution is 7.88. The summed E-state index contributed by atoms with van der Waals surface area (Å²) in [6, 6.07) is 2.14. The summed E-state index contributed by atoms with van der Waals surface area (Å²) in [6.07, 6.45) is 4.25. The molecule has 2 rings (SSSR count). The maximum atomic E-state index is 11.7. The molecular weight excluding hydrogens is 328 g/mol. The van der Waals surface area contributed by atoms with E-state index in [1.165, 1.54) is 6.26 Å². The first-order valence-corrected chi connectivity index (χ1v) is 10.4. The third-order valence-corrected chi connectivity index (χ3v) is 6.67. The van der Waals surface area contributed by atoms with Crippen LogP contribution in [0.25, 0.3) is 0 Å². The molecule has 0 amide bonds. The molecule has 0 bridgehead atoms. The van der Waals surface area contributed by atoms with Gasteiger partial charge >= 0.3 is 0 Å². The van der Waals surface area contributed by atoms with E-state index >= 15 is 0 Å². The Hall–Kier alpha value is -0.140. The lowest BCUT2D eigenvalue weighted by molar-refractivity contribution is 0.239. The Bertz CT molecular complexity index is 559. The van der Waals surface area contributed by atoms with Crippen molar-refractivity contribution in [2.24, 2.45) is 5.92 Å². The van der Waals surface area contributed by atoms with Crippen molar-refractivity contribution in [2.75, 3.05) is 25.9 Å². The van der Waals surface area contributed by atoms with E-state index in [0.29, 0.717) is 19.0 Å². The third kappa shape index (κ3) is 4.66. The fourth-order valence-corrected chi connectivity index (χ4v) is 5.16. The van der Waals surface area contributed by atoms with Crippen molar-refractivity contribution in [3.63, 3.8) is 0 Å². The molecule has 2 atom stereocenters. The van der Waals surface area contributed by atoms with Gasteiger partial charge in [0.05, 0.1) is 11.3 Å². The van der Waals surface area contributed by atoms with Crippen molar-refractivity contribution < 1.29 is 8.42 Å². The number of halogens is 1. The van der Waals surface area contributed by atoms with Crippen molar-refractivity contribution in [3.05, 3.63) is 21.3 Å². The van der Waals surface area contributed by atoms with Crippen LogP contribution in [0.1, 0.15) is 37.1 Å². The van der Waals surface area contributed by atoms with Crippen molar-refractivity contribution in [3.8, 4) is 0 Å². The van der Waals surface area contributed by atoms with Gasteiger partial charge in [-0.05, 0) is 43.2 Å². The van der Waals surface area contributed by atoms with Crippen LogP contribution in [0.5, 0.6) is 0 Å². The average Bonchev–Trinajstić information content (AvgIpc) is 2.84. The molecule has 4 nitrogen and oxygen atoms in total. The summed E-state index contributed by atoms with van der Waals surface area (Å²) >= 11 is 7.92. The van der Waals surface area contributed by atoms with Crippen LogP contribution >= 0.6 is 22.9 Å². The highest BCUT2D eigenvalue weighted by atomic mass is 35.5. The molecule has 1 N–H and O–H groups in total. The summed E-state index contributed by atoms with van der Waals surface area (Å²) < 4.78 is 25.0. The predicted molar refractivity (Wildman–Crippen MR) is 89.5 cm³/mol. The SMILES string of the molecule is CCNC(CC1CCCN(S(C)(=O)=O)C1)c1sccc1Cl. The smallest absolute Gasteiger partial charge is 0.211 e. The molecule has 1 aliphatic heterocycles. The molecule has 1 fully saturated rings. The predicted octanol–water partition coefficient (Wildman–Crippen LogP) is 3.11. The minimum atomic E-state index is -3.08. The van der Waals surface area contributed by atoms with E-state index in [2.05, 4.69) is 12.2 Å². The normalized spacial score (nSPS) is 22.3. The number of nitrogens with zero attached hydrogens (tertiary/aromatic N) is 1. The lowest BCUT2D eigenvalue weighted by Crippen LogP contribution is -2.40. The minimum Gasteiger partial charge on any atom is -0.309 e. The van der Waals surface area contributed by atoms with Gasteiger partial charge in [-0.3, -0.25) is 0 Å². The number of nitrogens with one attached hydrogen (secondary N) is 1. The van der Waals surface area contributed by atoms with Crippen molar-refractivity contribution in [1.29, 1.82) is 0 Å². The zero-order chi connectivity index (χ0) is 15.5. The van der Waals surface area contributed by atoms with E-state index in [4.69, 9.17) is 11.6 Å². The van der Waals surface area contributed by atoms with Gasteiger partial charge in [0.1, 0.15) is 0 Å². The number of sulfonamides is 1. The van der Waals surface area contributed by atoms with Crippen LogP contribution < -0.4 is 5.32 Å². The van der Waals surface area contributed by atoms with Crippen LogP contribution in [0.15, 0.2) is 11.4 Å². The molecule has 1 aromatic rings. The molecule has 0 saturated carbocycles. The summed E-state index contributed by atoms with van der Waals surface area (Å²) in [4.78, 5) is 1.16. The highest BCUT2D eigenvalue weighted by Crippen LogP contribution is 2.34. The van der Waals surface area contributed by atoms with Gasteiger partial charge in [0.15, 0.2) is 0 Å². The fourth-order valence-electron chi connectivity index (χ4n) is 2.94. The Labute approximate surface area is 136 Å². The molecule has 1 aromatic heterocycles. The molecule has 7 heteroatoms. The van der Waals surface area contributed by atoms with E-state index in [1.807, 2.05) is 11.4 Å². The quantitative estimate of drug-likeness (QED) is 0.857. The first-order valence-electron chi connectivity index (χ1n) is 7.33. The molecule has 21 heavy (non-hydrogen) atoms. The second-order valence-electron chi connectivity index (χ2n) is 5.61. The summed E-state index contributed by atoms with van der Waals surface area (Å²) in [7, 11) is -3.08. The highest BCUT2D eigenvalue weighted by Gasteiger charge is 2.28. The number of thiophene rings is 1. The van der Waals surface area contributed by atoms with Crippen LogP contribution in [0, 0.1) is 5.92 Å². The molecule has 0 radical (unpaired) electrons. The van der Waals surface area contributed by atoms with E-state index in [0.717, 1.165) is 35.7 Å². The molecule has 1 aliphatic rings. The van der Waals surface area contributed by atoms with Gasteiger partial charge in [-0.1, -0.05) is 18.5 Å². The number of piperidine rings is 1. The Kier molecular flexibility index (Phi) is 6.08. The number of hydrogen-bond acceptors (Lipinski definition) is 4. The maximum absolute atomic E-state index is 11.7. The van der Waals surface area contributed by atoms with E-state index in [9.17, 15) is 8.42 Å². The van der Waals surface area contributed by atoms with Crippen LogP contribution in [-0.2, 0) is 10.0 Å². The fraction of sp³-hybridized carbons (Fsp3) is 0.714. The van der Waals surface area contributed by atoms with Gasteiger partial charge in [0, 0.05) is 24.0 Å². The van der Waals surface area contributed by atoms with Crippen LogP contribution in [0.2, 0.25) is 5.02 Å². The molecule has 2 unspecified atom stereocenters. The van der Waals surface area contributed by atoms with Crippen molar-refractivity contribution >= 4 is 33.0 Å². The molecular formula is C14H23ClN2O2S2. The topological polar surface area (TPSA) is 49.4 Å². The largest absolute Gasteiger partial charge is 0.309 e. The van der Waals surface area contributed by atoms with Crippen LogP contribution in [-0.4, -0.2) is 38.6 Å². The van der Waals surface area contributed by atoms with Crippen molar-refractivity contribution in [2.45, 2.75) is 32.2 Å². The Morgan fingerprint density at radius 3 is 2.90 bits per heavy atom. The monoisotopic (exact) mass is 350 g/mol. The summed E-state index contributed by atoms with van der Waals surface area (Å²) in [5, 5.41) is 6.30. The molecule has 0 aliphatic carbocycles. The van der Waals surface area contributed by atoms with Gasteiger partial charge in [0.25, 0.3) is 0 Å². The molecule has 0 spiro atoms. The first kappa shape index (κ1) is 17.2. The van der Waals surface area contributed by atoms with Gasteiger partial charge in [-0.15, -0.1) is 11.3 Å². The van der Waals surface area contributed by atoms with Crippen LogP contribution in [0.4, 0.5) is 0 Å². The lowest BCUT2D eigenvalue weighted by Gasteiger charge is -2.33. The number of rotatable bonds is 6.